The van der Waals surface area contributed by atoms with Crippen LogP contribution in [0.4, 0.5) is 0 Å². The lowest BCUT2D eigenvalue weighted by Crippen LogP contribution is -2.37. The van der Waals surface area contributed by atoms with Gasteiger partial charge in [0.2, 0.25) is 0 Å². The molecule has 0 aliphatic heterocycles. The molecule has 1 atom stereocenters. The Morgan fingerprint density at radius 1 is 1.09 bits per heavy atom. The molecule has 126 valence electrons. The fourth-order valence-electron chi connectivity index (χ4n) is 2.57. The van der Waals surface area contributed by atoms with Crippen molar-refractivity contribution >= 4 is 11.3 Å². The van der Waals surface area contributed by atoms with E-state index in [2.05, 4.69) is 37.8 Å². The molecule has 0 aliphatic rings. The summed E-state index contributed by atoms with van der Waals surface area (Å²) in [6.07, 6.45) is -0.491. The first-order chi connectivity index (χ1) is 11.0. The molecule has 1 N–H and O–H groups in total. The van der Waals surface area contributed by atoms with Gasteiger partial charge in [0.25, 0.3) is 0 Å². The van der Waals surface area contributed by atoms with Gasteiger partial charge in [-0.2, -0.15) is 0 Å². The number of aryl methyl sites for hydroxylation is 1. The largest absolute Gasteiger partial charge is 0.491 e. The van der Waals surface area contributed by atoms with E-state index in [0.717, 1.165) is 18.8 Å². The number of para-hydroxylation sites is 1. The van der Waals surface area contributed by atoms with Crippen LogP contribution in [0.15, 0.2) is 42.5 Å². The zero-order valence-electron chi connectivity index (χ0n) is 14.2. The number of thiophene rings is 1. The van der Waals surface area contributed by atoms with Crippen LogP contribution in [0, 0.1) is 12.8 Å². The minimum absolute atomic E-state index is 0.322. The number of hydrogen-bond acceptors (Lipinski definition) is 4. The predicted molar refractivity (Wildman–Crippen MR) is 97.1 cm³/mol. The van der Waals surface area contributed by atoms with Gasteiger partial charge >= 0.3 is 0 Å². The molecular formula is C19H27NO2S. The highest BCUT2D eigenvalue weighted by Gasteiger charge is 2.15. The summed E-state index contributed by atoms with van der Waals surface area (Å²) in [6, 6.07) is 14.0. The van der Waals surface area contributed by atoms with Gasteiger partial charge in [0, 0.05) is 29.4 Å². The highest BCUT2D eigenvalue weighted by molar-refractivity contribution is 7.11. The van der Waals surface area contributed by atoms with Crippen LogP contribution in [-0.2, 0) is 6.54 Å². The van der Waals surface area contributed by atoms with Gasteiger partial charge in [0.15, 0.2) is 0 Å². The summed E-state index contributed by atoms with van der Waals surface area (Å²) < 4.78 is 5.65. The van der Waals surface area contributed by atoms with Crippen molar-refractivity contribution in [3.8, 4) is 5.75 Å². The van der Waals surface area contributed by atoms with Gasteiger partial charge in [-0.1, -0.05) is 32.0 Å². The molecule has 0 saturated heterocycles. The van der Waals surface area contributed by atoms with E-state index in [1.807, 2.05) is 41.7 Å². The molecule has 0 radical (unpaired) electrons. The van der Waals surface area contributed by atoms with Crippen LogP contribution in [0.3, 0.4) is 0 Å². The van der Waals surface area contributed by atoms with Crippen LogP contribution in [0.5, 0.6) is 5.75 Å². The Morgan fingerprint density at radius 2 is 1.83 bits per heavy atom. The van der Waals surface area contributed by atoms with Crippen LogP contribution in [0.1, 0.15) is 23.6 Å². The summed E-state index contributed by atoms with van der Waals surface area (Å²) in [6.45, 7) is 9.35. The third-order valence-electron chi connectivity index (χ3n) is 3.45. The molecule has 2 rings (SSSR count). The molecule has 3 nitrogen and oxygen atoms in total. The van der Waals surface area contributed by atoms with E-state index in [-0.39, 0.29) is 0 Å². The molecule has 0 spiro atoms. The van der Waals surface area contributed by atoms with Gasteiger partial charge in [-0.15, -0.1) is 11.3 Å². The highest BCUT2D eigenvalue weighted by atomic mass is 32.1. The summed E-state index contributed by atoms with van der Waals surface area (Å²) in [5, 5.41) is 10.3. The lowest BCUT2D eigenvalue weighted by atomic mass is 10.2. The molecule has 1 aromatic heterocycles. The highest BCUT2D eigenvalue weighted by Crippen LogP contribution is 2.18. The molecule has 2 aromatic rings. The predicted octanol–water partition coefficient (Wildman–Crippen LogP) is 3.95. The van der Waals surface area contributed by atoms with Crippen molar-refractivity contribution in [1.82, 2.24) is 4.90 Å². The SMILES string of the molecule is Cc1ccc(CN(CC(C)C)C[C@@H](O)COc2ccccc2)s1. The van der Waals surface area contributed by atoms with Crippen molar-refractivity contribution in [2.75, 3.05) is 19.7 Å². The molecule has 23 heavy (non-hydrogen) atoms. The first kappa shape index (κ1) is 18.0. The Hall–Kier alpha value is -1.36. The second-order valence-electron chi connectivity index (χ2n) is 6.38. The van der Waals surface area contributed by atoms with Crippen LogP contribution >= 0.6 is 11.3 Å². The van der Waals surface area contributed by atoms with Gasteiger partial charge in [0.1, 0.15) is 18.5 Å². The summed E-state index contributed by atoms with van der Waals surface area (Å²) in [5.74, 6) is 1.37. The van der Waals surface area contributed by atoms with Crippen molar-refractivity contribution in [3.63, 3.8) is 0 Å². The van der Waals surface area contributed by atoms with E-state index < -0.39 is 6.10 Å². The van der Waals surface area contributed by atoms with Gasteiger partial charge < -0.3 is 9.84 Å². The Kier molecular flexibility index (Phi) is 7.09. The maximum atomic E-state index is 10.3. The molecule has 0 fully saturated rings. The van der Waals surface area contributed by atoms with E-state index in [1.54, 1.807) is 0 Å². The van der Waals surface area contributed by atoms with E-state index in [4.69, 9.17) is 4.74 Å². The maximum absolute atomic E-state index is 10.3. The Labute approximate surface area is 143 Å². The average molecular weight is 333 g/mol. The number of benzene rings is 1. The lowest BCUT2D eigenvalue weighted by molar-refractivity contribution is 0.0618. The zero-order valence-corrected chi connectivity index (χ0v) is 15.1. The Morgan fingerprint density at radius 3 is 2.43 bits per heavy atom. The average Bonchev–Trinajstić information content (AvgIpc) is 2.90. The van der Waals surface area contributed by atoms with Crippen molar-refractivity contribution in [2.24, 2.45) is 5.92 Å². The summed E-state index contributed by atoms with van der Waals surface area (Å²) in [7, 11) is 0. The number of hydrogen-bond donors (Lipinski definition) is 1. The van der Waals surface area contributed by atoms with E-state index >= 15 is 0 Å². The Balaban J connectivity index is 1.85. The van der Waals surface area contributed by atoms with Crippen molar-refractivity contribution in [2.45, 2.75) is 33.4 Å². The number of nitrogens with zero attached hydrogens (tertiary/aromatic N) is 1. The van der Waals surface area contributed by atoms with E-state index in [9.17, 15) is 5.11 Å². The normalized spacial score (nSPS) is 12.8. The van der Waals surface area contributed by atoms with Crippen LogP contribution in [0.2, 0.25) is 0 Å². The molecule has 0 unspecified atom stereocenters. The number of ether oxygens (including phenoxy) is 1. The first-order valence-electron chi connectivity index (χ1n) is 8.16. The second-order valence-corrected chi connectivity index (χ2v) is 7.75. The van der Waals surface area contributed by atoms with Gasteiger partial charge in [0.05, 0.1) is 0 Å². The molecule has 0 aliphatic carbocycles. The standard InChI is InChI=1S/C19H27NO2S/c1-15(2)11-20(13-19-10-9-16(3)23-19)12-17(21)14-22-18-7-5-4-6-8-18/h4-10,15,17,21H,11-14H2,1-3H3/t17-/m1/s1. The molecule has 0 amide bonds. The fraction of sp³-hybridized carbons (Fsp3) is 0.474. The smallest absolute Gasteiger partial charge is 0.119 e. The monoisotopic (exact) mass is 333 g/mol. The molecular weight excluding hydrogens is 306 g/mol. The van der Waals surface area contributed by atoms with E-state index in [1.165, 1.54) is 9.75 Å². The first-order valence-corrected chi connectivity index (χ1v) is 8.98. The minimum atomic E-state index is -0.491. The molecule has 4 heteroatoms. The molecule has 1 heterocycles. The maximum Gasteiger partial charge on any atom is 0.119 e. The van der Waals surface area contributed by atoms with Gasteiger partial charge in [-0.25, -0.2) is 0 Å². The van der Waals surface area contributed by atoms with Gasteiger partial charge in [-0.3, -0.25) is 4.90 Å². The van der Waals surface area contributed by atoms with E-state index in [0.29, 0.717) is 19.1 Å². The van der Waals surface area contributed by atoms with Crippen LogP contribution < -0.4 is 4.74 Å². The fourth-order valence-corrected chi connectivity index (χ4v) is 3.50. The third-order valence-corrected chi connectivity index (χ3v) is 4.44. The van der Waals surface area contributed by atoms with Crippen molar-refractivity contribution in [1.29, 1.82) is 0 Å². The summed E-state index contributed by atoms with van der Waals surface area (Å²) in [5.41, 5.74) is 0. The topological polar surface area (TPSA) is 32.7 Å². The lowest BCUT2D eigenvalue weighted by Gasteiger charge is -2.26. The third kappa shape index (κ3) is 6.73. The quantitative estimate of drug-likeness (QED) is 0.754. The van der Waals surface area contributed by atoms with Gasteiger partial charge in [-0.05, 0) is 37.1 Å². The number of aliphatic hydroxyl groups excluding tert-OH is 1. The van der Waals surface area contributed by atoms with Crippen molar-refractivity contribution in [3.05, 3.63) is 52.2 Å². The van der Waals surface area contributed by atoms with Crippen LogP contribution in [-0.4, -0.2) is 35.8 Å². The molecule has 0 saturated carbocycles. The minimum Gasteiger partial charge on any atom is -0.491 e. The Bertz CT molecular complexity index is 568. The van der Waals surface area contributed by atoms with Crippen LogP contribution in [0.25, 0.3) is 0 Å². The molecule has 1 aromatic carbocycles. The molecule has 0 bridgehead atoms. The summed E-state index contributed by atoms with van der Waals surface area (Å²) in [4.78, 5) is 4.99. The number of rotatable bonds is 9. The number of aliphatic hydroxyl groups is 1. The summed E-state index contributed by atoms with van der Waals surface area (Å²) >= 11 is 1.83. The second kappa shape index (κ2) is 9.06. The van der Waals surface area contributed by atoms with Crippen molar-refractivity contribution < 1.29 is 9.84 Å². The zero-order chi connectivity index (χ0) is 16.7.